The molecule has 0 saturated heterocycles. The van der Waals surface area contributed by atoms with Crippen molar-refractivity contribution in [2.75, 3.05) is 14.2 Å². The molecule has 5 heteroatoms. The first kappa shape index (κ1) is 27.3. The van der Waals surface area contributed by atoms with Crippen LogP contribution in [0.3, 0.4) is 0 Å². The van der Waals surface area contributed by atoms with Crippen molar-refractivity contribution in [1.82, 2.24) is 0 Å². The maximum atomic E-state index is 11.3. The van der Waals surface area contributed by atoms with E-state index in [-0.39, 0.29) is 35.6 Å². The van der Waals surface area contributed by atoms with Crippen LogP contribution in [0, 0.1) is 23.7 Å². The molecule has 156 valence electrons. The van der Waals surface area contributed by atoms with Crippen molar-refractivity contribution in [1.29, 1.82) is 0 Å². The van der Waals surface area contributed by atoms with Gasteiger partial charge in [0.1, 0.15) is 0 Å². The van der Waals surface area contributed by atoms with Crippen molar-refractivity contribution in [3.63, 3.8) is 0 Å². The van der Waals surface area contributed by atoms with Gasteiger partial charge >= 0.3 is 11.9 Å². The molecule has 0 bridgehead atoms. The predicted molar refractivity (Wildman–Crippen MR) is 110 cm³/mol. The van der Waals surface area contributed by atoms with Crippen molar-refractivity contribution in [3.8, 4) is 0 Å². The molecule has 0 heterocycles. The van der Waals surface area contributed by atoms with E-state index in [1.54, 1.807) is 26.0 Å². The zero-order valence-electron chi connectivity index (χ0n) is 18.4. The van der Waals surface area contributed by atoms with Gasteiger partial charge in [0.15, 0.2) is 0 Å². The van der Waals surface area contributed by atoms with Crippen LogP contribution in [-0.2, 0) is 19.1 Å². The van der Waals surface area contributed by atoms with Crippen LogP contribution in [0.2, 0.25) is 0 Å². The third kappa shape index (κ3) is 13.9. The standard InChI is InChI=1S/C11H20O3.C11H18O2/c1-8(2)9(10(12)14-5)6-7-11(3,4)13;1-8(2)6-7-10(9(3)4)11(12)13-5/h6-9,13H,1-5H3;6-7,9-10H,1H2,2-5H3/b2*7-6+. The van der Waals surface area contributed by atoms with E-state index in [0.717, 1.165) is 5.57 Å². The topological polar surface area (TPSA) is 72.8 Å². The number of hydrogen-bond acceptors (Lipinski definition) is 5. The molecule has 0 aromatic rings. The Morgan fingerprint density at radius 2 is 1.30 bits per heavy atom. The number of methoxy groups -OCH3 is 2. The first-order valence-electron chi connectivity index (χ1n) is 9.17. The smallest absolute Gasteiger partial charge is 0.312 e. The number of hydrogen-bond donors (Lipinski definition) is 1. The molecular formula is C22H38O5. The minimum atomic E-state index is -0.888. The summed E-state index contributed by atoms with van der Waals surface area (Å²) in [6, 6.07) is 0. The SMILES string of the molecule is C=C(C)/C=C/C(C(=O)OC)C(C)C.COC(=O)C(/C=C/C(C)(C)O)C(C)C. The highest BCUT2D eigenvalue weighted by molar-refractivity contribution is 5.75. The Bertz CT molecular complexity index is 521. The summed E-state index contributed by atoms with van der Waals surface area (Å²) in [7, 11) is 2.78. The molecule has 2 unspecified atom stereocenters. The fourth-order valence-electron chi connectivity index (χ4n) is 2.03. The molecule has 0 rings (SSSR count). The molecule has 1 N–H and O–H groups in total. The lowest BCUT2D eigenvalue weighted by atomic mass is 9.93. The lowest BCUT2D eigenvalue weighted by Gasteiger charge is -2.16. The van der Waals surface area contributed by atoms with Gasteiger partial charge in [0.25, 0.3) is 0 Å². The number of esters is 2. The van der Waals surface area contributed by atoms with Gasteiger partial charge in [-0.05, 0) is 32.6 Å². The summed E-state index contributed by atoms with van der Waals surface area (Å²) in [5.74, 6) is -0.481. The van der Waals surface area contributed by atoms with Crippen molar-refractivity contribution < 1.29 is 24.2 Å². The monoisotopic (exact) mass is 382 g/mol. The molecule has 5 nitrogen and oxygen atoms in total. The Morgan fingerprint density at radius 3 is 1.56 bits per heavy atom. The summed E-state index contributed by atoms with van der Waals surface area (Å²) in [4.78, 5) is 22.6. The third-order valence-corrected chi connectivity index (χ3v) is 3.68. The second-order valence-electron chi connectivity index (χ2n) is 7.80. The van der Waals surface area contributed by atoms with Gasteiger partial charge in [-0.15, -0.1) is 0 Å². The van der Waals surface area contributed by atoms with Gasteiger partial charge in [0.2, 0.25) is 0 Å². The van der Waals surface area contributed by atoms with E-state index in [0.29, 0.717) is 0 Å². The molecule has 27 heavy (non-hydrogen) atoms. The van der Waals surface area contributed by atoms with Crippen LogP contribution in [-0.4, -0.2) is 36.9 Å². The van der Waals surface area contributed by atoms with Gasteiger partial charge in [-0.1, -0.05) is 64.2 Å². The maximum Gasteiger partial charge on any atom is 0.312 e. The molecule has 0 aliphatic carbocycles. The van der Waals surface area contributed by atoms with Crippen molar-refractivity contribution in [3.05, 3.63) is 36.5 Å². The van der Waals surface area contributed by atoms with Gasteiger partial charge < -0.3 is 14.6 Å². The zero-order chi connectivity index (χ0) is 21.8. The zero-order valence-corrected chi connectivity index (χ0v) is 18.4. The first-order chi connectivity index (χ1) is 12.3. The summed E-state index contributed by atoms with van der Waals surface area (Å²) in [6.45, 7) is 16.8. The normalized spacial score (nSPS) is 14.1. The van der Waals surface area contributed by atoms with Crippen LogP contribution in [0.15, 0.2) is 36.5 Å². The summed E-state index contributed by atoms with van der Waals surface area (Å²) >= 11 is 0. The summed E-state index contributed by atoms with van der Waals surface area (Å²) in [5, 5.41) is 9.46. The number of allylic oxidation sites excluding steroid dienone is 2. The van der Waals surface area contributed by atoms with Crippen LogP contribution in [0.1, 0.15) is 48.5 Å². The van der Waals surface area contributed by atoms with Crippen LogP contribution in [0.4, 0.5) is 0 Å². The molecule has 0 saturated carbocycles. The van der Waals surface area contributed by atoms with Crippen molar-refractivity contribution >= 4 is 11.9 Å². The molecule has 0 spiro atoms. The minimum absolute atomic E-state index is 0.165. The largest absolute Gasteiger partial charge is 0.469 e. The molecule has 0 amide bonds. The third-order valence-electron chi connectivity index (χ3n) is 3.68. The fourth-order valence-corrected chi connectivity index (χ4v) is 2.03. The lowest BCUT2D eigenvalue weighted by Crippen LogP contribution is -2.21. The molecule has 0 aliphatic rings. The minimum Gasteiger partial charge on any atom is -0.469 e. The number of ether oxygens (including phenoxy) is 2. The van der Waals surface area contributed by atoms with E-state index < -0.39 is 5.60 Å². The average molecular weight is 383 g/mol. The van der Waals surface area contributed by atoms with E-state index in [1.165, 1.54) is 14.2 Å². The Balaban J connectivity index is 0. The molecule has 2 atom stereocenters. The fraction of sp³-hybridized carbons (Fsp3) is 0.636. The van der Waals surface area contributed by atoms with Gasteiger partial charge in [0.05, 0.1) is 31.7 Å². The predicted octanol–water partition coefficient (Wildman–Crippen LogP) is 4.32. The van der Waals surface area contributed by atoms with Gasteiger partial charge in [-0.25, -0.2) is 0 Å². The summed E-state index contributed by atoms with van der Waals surface area (Å²) in [5.41, 5.74) is 0.0517. The summed E-state index contributed by atoms with van der Waals surface area (Å²) < 4.78 is 9.35. The van der Waals surface area contributed by atoms with E-state index >= 15 is 0 Å². The number of aliphatic hydroxyl groups is 1. The Labute approximate surface area is 165 Å². The maximum absolute atomic E-state index is 11.3. The highest BCUT2D eigenvalue weighted by Gasteiger charge is 2.21. The van der Waals surface area contributed by atoms with Crippen molar-refractivity contribution in [2.45, 2.75) is 54.1 Å². The van der Waals surface area contributed by atoms with E-state index in [2.05, 4.69) is 16.1 Å². The quantitative estimate of drug-likeness (QED) is 0.384. The second kappa shape index (κ2) is 13.3. The van der Waals surface area contributed by atoms with Crippen molar-refractivity contribution in [2.24, 2.45) is 23.7 Å². The second-order valence-corrected chi connectivity index (χ2v) is 7.80. The molecule has 0 fully saturated rings. The highest BCUT2D eigenvalue weighted by Crippen LogP contribution is 2.16. The molecule has 0 aliphatic heterocycles. The average Bonchev–Trinajstić information content (AvgIpc) is 2.53. The lowest BCUT2D eigenvalue weighted by molar-refractivity contribution is -0.145. The van der Waals surface area contributed by atoms with E-state index in [4.69, 9.17) is 0 Å². The van der Waals surface area contributed by atoms with Gasteiger partial charge in [-0.3, -0.25) is 9.59 Å². The number of carbonyl (C=O) groups is 2. The number of rotatable bonds is 8. The van der Waals surface area contributed by atoms with E-state index in [9.17, 15) is 14.7 Å². The Hall–Kier alpha value is -1.88. The molecule has 0 aromatic carbocycles. The molecule has 0 aromatic heterocycles. The van der Waals surface area contributed by atoms with Crippen LogP contribution in [0.5, 0.6) is 0 Å². The Kier molecular flexibility index (Phi) is 13.5. The van der Waals surface area contributed by atoms with Gasteiger partial charge in [-0.2, -0.15) is 0 Å². The van der Waals surface area contributed by atoms with Crippen LogP contribution >= 0.6 is 0 Å². The van der Waals surface area contributed by atoms with Crippen LogP contribution in [0.25, 0.3) is 0 Å². The Morgan fingerprint density at radius 1 is 0.926 bits per heavy atom. The van der Waals surface area contributed by atoms with E-state index in [1.807, 2.05) is 46.8 Å². The van der Waals surface area contributed by atoms with Gasteiger partial charge in [0, 0.05) is 0 Å². The highest BCUT2D eigenvalue weighted by atomic mass is 16.5. The number of carbonyl (C=O) groups excluding carboxylic acids is 2. The first-order valence-corrected chi connectivity index (χ1v) is 9.17. The summed E-state index contributed by atoms with van der Waals surface area (Å²) in [6.07, 6.45) is 7.02. The molecular weight excluding hydrogens is 344 g/mol. The van der Waals surface area contributed by atoms with Crippen LogP contribution < -0.4 is 0 Å². The molecule has 0 radical (unpaired) electrons.